The first kappa shape index (κ1) is 11.4. The van der Waals surface area contributed by atoms with Crippen molar-refractivity contribution in [3.8, 4) is 0 Å². The average molecular weight is 243 g/mol. The van der Waals surface area contributed by atoms with Gasteiger partial charge in [-0.3, -0.25) is 4.79 Å². The van der Waals surface area contributed by atoms with Crippen molar-refractivity contribution in [3.63, 3.8) is 0 Å². The summed E-state index contributed by atoms with van der Waals surface area (Å²) < 4.78 is 13.2. The molecule has 1 fully saturated rings. The standard InChI is InChI=1S/C12H12ClFO2/c1-7-8(3-4-9(14)10(7)13)12(11(15)16)5-2-6-12/h3-4H,2,5-6H2,1H3,(H,15,16). The summed E-state index contributed by atoms with van der Waals surface area (Å²) in [5, 5.41) is 9.32. The lowest BCUT2D eigenvalue weighted by Gasteiger charge is -2.39. The first-order chi connectivity index (χ1) is 7.49. The molecule has 0 aromatic heterocycles. The Labute approximate surface area is 98.0 Å². The van der Waals surface area contributed by atoms with Crippen molar-refractivity contribution in [2.45, 2.75) is 31.6 Å². The minimum Gasteiger partial charge on any atom is -0.481 e. The van der Waals surface area contributed by atoms with Gasteiger partial charge in [0, 0.05) is 0 Å². The van der Waals surface area contributed by atoms with Gasteiger partial charge in [-0.1, -0.05) is 24.1 Å². The third-order valence-corrected chi connectivity index (χ3v) is 3.94. The van der Waals surface area contributed by atoms with Gasteiger partial charge in [0.2, 0.25) is 0 Å². The maximum absolute atomic E-state index is 13.2. The number of carboxylic acid groups (broad SMARTS) is 1. The van der Waals surface area contributed by atoms with Gasteiger partial charge >= 0.3 is 5.97 Å². The summed E-state index contributed by atoms with van der Waals surface area (Å²) in [5.74, 6) is -1.34. The Kier molecular flexibility index (Phi) is 2.66. The van der Waals surface area contributed by atoms with Crippen molar-refractivity contribution in [2.75, 3.05) is 0 Å². The number of halogens is 2. The minimum absolute atomic E-state index is 0.0324. The molecule has 1 N–H and O–H groups in total. The van der Waals surface area contributed by atoms with E-state index in [1.54, 1.807) is 13.0 Å². The molecule has 0 bridgehead atoms. The lowest BCUT2D eigenvalue weighted by Crippen LogP contribution is -2.42. The van der Waals surface area contributed by atoms with E-state index in [9.17, 15) is 14.3 Å². The molecule has 2 rings (SSSR count). The average Bonchev–Trinajstić information content (AvgIpc) is 2.16. The molecular weight excluding hydrogens is 231 g/mol. The molecule has 0 atom stereocenters. The van der Waals surface area contributed by atoms with Gasteiger partial charge in [-0.15, -0.1) is 0 Å². The van der Waals surface area contributed by atoms with E-state index in [-0.39, 0.29) is 5.02 Å². The maximum atomic E-state index is 13.2. The topological polar surface area (TPSA) is 37.3 Å². The van der Waals surface area contributed by atoms with Crippen LogP contribution in [0.5, 0.6) is 0 Å². The van der Waals surface area contributed by atoms with Gasteiger partial charge in [0.1, 0.15) is 5.82 Å². The molecule has 16 heavy (non-hydrogen) atoms. The molecule has 0 heterocycles. The number of hydrogen-bond donors (Lipinski definition) is 1. The van der Waals surface area contributed by atoms with Crippen LogP contribution in [0.15, 0.2) is 12.1 Å². The van der Waals surface area contributed by atoms with Gasteiger partial charge in [0.05, 0.1) is 10.4 Å². The van der Waals surface area contributed by atoms with E-state index in [2.05, 4.69) is 0 Å². The summed E-state index contributed by atoms with van der Waals surface area (Å²) in [6, 6.07) is 2.79. The monoisotopic (exact) mass is 242 g/mol. The Bertz CT molecular complexity index is 453. The molecule has 0 aliphatic heterocycles. The van der Waals surface area contributed by atoms with Crippen LogP contribution in [0.2, 0.25) is 5.02 Å². The number of benzene rings is 1. The predicted molar refractivity (Wildman–Crippen MR) is 59.3 cm³/mol. The van der Waals surface area contributed by atoms with E-state index in [1.165, 1.54) is 6.07 Å². The number of carboxylic acids is 1. The molecule has 1 aromatic rings. The predicted octanol–water partition coefficient (Wildman–Crippen LogP) is 3.29. The molecule has 1 aliphatic carbocycles. The lowest BCUT2D eigenvalue weighted by molar-refractivity contribution is -0.147. The zero-order chi connectivity index (χ0) is 11.9. The molecule has 86 valence electrons. The third kappa shape index (κ3) is 1.42. The van der Waals surface area contributed by atoms with Crippen molar-refractivity contribution in [3.05, 3.63) is 34.1 Å². The first-order valence-electron chi connectivity index (χ1n) is 5.17. The van der Waals surface area contributed by atoms with Crippen molar-refractivity contribution < 1.29 is 14.3 Å². The van der Waals surface area contributed by atoms with Gasteiger partial charge in [-0.2, -0.15) is 0 Å². The molecule has 0 saturated heterocycles. The van der Waals surface area contributed by atoms with Crippen LogP contribution in [-0.4, -0.2) is 11.1 Å². The second kappa shape index (κ2) is 3.74. The summed E-state index contributed by atoms with van der Waals surface area (Å²) in [7, 11) is 0. The number of rotatable bonds is 2. The summed E-state index contributed by atoms with van der Waals surface area (Å²) in [6.45, 7) is 1.67. The fourth-order valence-corrected chi connectivity index (χ4v) is 2.46. The van der Waals surface area contributed by atoms with Gasteiger partial charge in [-0.05, 0) is 37.0 Å². The highest BCUT2D eigenvalue weighted by Crippen LogP contribution is 2.46. The second-order valence-corrected chi connectivity index (χ2v) is 4.65. The Balaban J connectivity index is 2.56. The summed E-state index contributed by atoms with van der Waals surface area (Å²) in [6.07, 6.45) is 2.09. The van der Waals surface area contributed by atoms with Crippen LogP contribution in [0.3, 0.4) is 0 Å². The van der Waals surface area contributed by atoms with Crippen LogP contribution < -0.4 is 0 Å². The second-order valence-electron chi connectivity index (χ2n) is 4.27. The van der Waals surface area contributed by atoms with E-state index < -0.39 is 17.2 Å². The van der Waals surface area contributed by atoms with Gasteiger partial charge in [0.15, 0.2) is 0 Å². The van der Waals surface area contributed by atoms with Crippen LogP contribution in [0.25, 0.3) is 0 Å². The first-order valence-corrected chi connectivity index (χ1v) is 5.55. The maximum Gasteiger partial charge on any atom is 0.314 e. The Morgan fingerprint density at radius 3 is 2.56 bits per heavy atom. The summed E-state index contributed by atoms with van der Waals surface area (Å²) in [5.41, 5.74) is 0.350. The van der Waals surface area contributed by atoms with Crippen LogP contribution in [0, 0.1) is 12.7 Å². The molecule has 4 heteroatoms. The van der Waals surface area contributed by atoms with E-state index in [0.717, 1.165) is 6.42 Å². The zero-order valence-electron chi connectivity index (χ0n) is 8.89. The van der Waals surface area contributed by atoms with Crippen LogP contribution in [-0.2, 0) is 10.2 Å². The summed E-state index contributed by atoms with van der Waals surface area (Å²) >= 11 is 5.81. The molecule has 0 radical (unpaired) electrons. The largest absolute Gasteiger partial charge is 0.481 e. The highest BCUT2D eigenvalue weighted by atomic mass is 35.5. The highest BCUT2D eigenvalue weighted by molar-refractivity contribution is 6.31. The van der Waals surface area contributed by atoms with Crippen molar-refractivity contribution in [1.29, 1.82) is 0 Å². The van der Waals surface area contributed by atoms with E-state index in [0.29, 0.717) is 24.0 Å². The molecule has 0 spiro atoms. The number of aliphatic carboxylic acids is 1. The van der Waals surface area contributed by atoms with Crippen molar-refractivity contribution in [2.24, 2.45) is 0 Å². The van der Waals surface area contributed by atoms with Gasteiger partial charge in [0.25, 0.3) is 0 Å². The SMILES string of the molecule is Cc1c(C2(C(=O)O)CCC2)ccc(F)c1Cl. The Morgan fingerprint density at radius 2 is 2.12 bits per heavy atom. The van der Waals surface area contributed by atoms with Crippen LogP contribution >= 0.6 is 11.6 Å². The molecule has 2 nitrogen and oxygen atoms in total. The van der Waals surface area contributed by atoms with E-state index in [4.69, 9.17) is 11.6 Å². The van der Waals surface area contributed by atoms with E-state index in [1.807, 2.05) is 0 Å². The minimum atomic E-state index is -0.846. The highest BCUT2D eigenvalue weighted by Gasteiger charge is 2.47. The fraction of sp³-hybridized carbons (Fsp3) is 0.417. The fourth-order valence-electron chi connectivity index (χ4n) is 2.30. The van der Waals surface area contributed by atoms with Gasteiger partial charge in [-0.25, -0.2) is 4.39 Å². The van der Waals surface area contributed by atoms with Crippen LogP contribution in [0.4, 0.5) is 4.39 Å². The quantitative estimate of drug-likeness (QED) is 0.864. The molecular formula is C12H12ClFO2. The van der Waals surface area contributed by atoms with Gasteiger partial charge < -0.3 is 5.11 Å². The van der Waals surface area contributed by atoms with E-state index >= 15 is 0 Å². The summed E-state index contributed by atoms with van der Waals surface area (Å²) in [4.78, 5) is 11.3. The third-order valence-electron chi connectivity index (χ3n) is 3.47. The molecule has 1 saturated carbocycles. The number of hydrogen-bond acceptors (Lipinski definition) is 1. The van der Waals surface area contributed by atoms with Crippen molar-refractivity contribution >= 4 is 17.6 Å². The molecule has 1 aromatic carbocycles. The van der Waals surface area contributed by atoms with Crippen LogP contribution in [0.1, 0.15) is 30.4 Å². The zero-order valence-corrected chi connectivity index (χ0v) is 9.64. The normalized spacial score (nSPS) is 17.9. The smallest absolute Gasteiger partial charge is 0.314 e. The Hall–Kier alpha value is -1.09. The Morgan fingerprint density at radius 1 is 1.50 bits per heavy atom. The number of carbonyl (C=O) groups is 1. The molecule has 0 unspecified atom stereocenters. The molecule has 0 amide bonds. The lowest BCUT2D eigenvalue weighted by atomic mass is 9.63. The molecule has 1 aliphatic rings. The van der Waals surface area contributed by atoms with Crippen molar-refractivity contribution in [1.82, 2.24) is 0 Å².